The van der Waals surface area contributed by atoms with E-state index >= 15 is 0 Å². The van der Waals surface area contributed by atoms with Crippen molar-refractivity contribution in [1.82, 2.24) is 0 Å². The Labute approximate surface area is 156 Å². The lowest BCUT2D eigenvalue weighted by atomic mass is 9.96. The molecule has 0 spiro atoms. The number of benzene rings is 2. The normalized spacial score (nSPS) is 11.7. The molecular formula is C24H28O2. The molecule has 0 N–H and O–H groups in total. The maximum atomic E-state index is 12.4. The average Bonchev–Trinajstić information content (AvgIpc) is 3.05. The van der Waals surface area contributed by atoms with Gasteiger partial charge in [-0.25, -0.2) is 4.79 Å². The van der Waals surface area contributed by atoms with Crippen LogP contribution in [-0.2, 0) is 16.0 Å². The third-order valence-corrected chi connectivity index (χ3v) is 5.15. The van der Waals surface area contributed by atoms with Crippen LogP contribution in [0.1, 0.15) is 62.1 Å². The van der Waals surface area contributed by atoms with Gasteiger partial charge in [-0.3, -0.25) is 0 Å². The Morgan fingerprint density at radius 3 is 2.54 bits per heavy atom. The first kappa shape index (κ1) is 18.4. The zero-order valence-corrected chi connectivity index (χ0v) is 15.7. The second-order valence-electron chi connectivity index (χ2n) is 7.05. The fourth-order valence-electron chi connectivity index (χ4n) is 3.68. The Hall–Kier alpha value is -2.35. The molecule has 2 aromatic carbocycles. The molecule has 1 aliphatic rings. The van der Waals surface area contributed by atoms with Crippen molar-refractivity contribution in [2.75, 3.05) is 6.61 Å². The van der Waals surface area contributed by atoms with E-state index in [4.69, 9.17) is 4.74 Å². The summed E-state index contributed by atoms with van der Waals surface area (Å²) >= 11 is 0. The first-order chi connectivity index (χ1) is 12.7. The highest BCUT2D eigenvalue weighted by atomic mass is 16.5. The fourth-order valence-corrected chi connectivity index (χ4v) is 3.68. The van der Waals surface area contributed by atoms with Crippen molar-refractivity contribution < 1.29 is 9.53 Å². The van der Waals surface area contributed by atoms with Gasteiger partial charge in [0.2, 0.25) is 0 Å². The van der Waals surface area contributed by atoms with E-state index in [2.05, 4.69) is 43.8 Å². The number of carbonyl (C=O) groups excluding carboxylic acids is 1. The van der Waals surface area contributed by atoms with Crippen LogP contribution in [0.25, 0.3) is 16.7 Å². The van der Waals surface area contributed by atoms with Crippen LogP contribution in [0.15, 0.2) is 49.0 Å². The van der Waals surface area contributed by atoms with Crippen molar-refractivity contribution in [3.63, 3.8) is 0 Å². The minimum atomic E-state index is -0.289. The van der Waals surface area contributed by atoms with Crippen molar-refractivity contribution in [2.45, 2.75) is 51.9 Å². The number of hydrogen-bond donors (Lipinski definition) is 0. The van der Waals surface area contributed by atoms with Gasteiger partial charge in [0, 0.05) is 0 Å². The first-order valence-corrected chi connectivity index (χ1v) is 9.79. The van der Waals surface area contributed by atoms with Gasteiger partial charge in [-0.05, 0) is 40.7 Å². The number of carbonyl (C=O) groups is 1. The Balaban J connectivity index is 1.58. The van der Waals surface area contributed by atoms with E-state index < -0.39 is 0 Å². The highest BCUT2D eigenvalue weighted by molar-refractivity contribution is 6.16. The molecule has 0 aliphatic heterocycles. The molecule has 136 valence electrons. The van der Waals surface area contributed by atoms with Crippen LogP contribution in [0.2, 0.25) is 0 Å². The van der Waals surface area contributed by atoms with Crippen LogP contribution in [0, 0.1) is 0 Å². The molecule has 0 radical (unpaired) electrons. The van der Waals surface area contributed by atoms with Crippen molar-refractivity contribution in [2.24, 2.45) is 0 Å². The molecule has 0 amide bonds. The molecule has 0 fully saturated rings. The van der Waals surface area contributed by atoms with Gasteiger partial charge >= 0.3 is 5.97 Å². The Kier molecular flexibility index (Phi) is 6.27. The number of rotatable bonds is 9. The number of hydrogen-bond acceptors (Lipinski definition) is 2. The van der Waals surface area contributed by atoms with Gasteiger partial charge in [0.1, 0.15) is 0 Å². The van der Waals surface area contributed by atoms with Crippen molar-refractivity contribution in [3.8, 4) is 11.1 Å². The zero-order valence-electron chi connectivity index (χ0n) is 15.7. The topological polar surface area (TPSA) is 26.3 Å². The minimum Gasteiger partial charge on any atom is -0.462 e. The summed E-state index contributed by atoms with van der Waals surface area (Å²) in [5.74, 6) is -0.289. The summed E-state index contributed by atoms with van der Waals surface area (Å²) in [6, 6.07) is 14.5. The lowest BCUT2D eigenvalue weighted by Crippen LogP contribution is -2.09. The van der Waals surface area contributed by atoms with Gasteiger partial charge in [-0.15, -0.1) is 0 Å². The summed E-state index contributed by atoms with van der Waals surface area (Å²) in [6.07, 6.45) is 7.94. The Morgan fingerprint density at radius 1 is 0.962 bits per heavy atom. The van der Waals surface area contributed by atoms with E-state index in [0.717, 1.165) is 24.8 Å². The number of fused-ring (bicyclic) bond motifs is 3. The molecule has 2 aromatic rings. The van der Waals surface area contributed by atoms with E-state index in [1.54, 1.807) is 0 Å². The summed E-state index contributed by atoms with van der Waals surface area (Å²) in [5, 5.41) is 0. The van der Waals surface area contributed by atoms with Crippen LogP contribution >= 0.6 is 0 Å². The molecule has 0 saturated carbocycles. The Bertz CT molecular complexity index is 789. The molecule has 2 heteroatoms. The van der Waals surface area contributed by atoms with Gasteiger partial charge in [0.25, 0.3) is 0 Å². The summed E-state index contributed by atoms with van der Waals surface area (Å²) in [5.41, 5.74) is 6.37. The second kappa shape index (κ2) is 8.84. The highest BCUT2D eigenvalue weighted by Gasteiger charge is 2.23. The smallest absolute Gasteiger partial charge is 0.338 e. The number of esters is 1. The van der Waals surface area contributed by atoms with Gasteiger partial charge in [0.15, 0.2) is 0 Å². The molecule has 0 unspecified atom stereocenters. The van der Waals surface area contributed by atoms with Crippen LogP contribution in [0.3, 0.4) is 0 Å². The first-order valence-electron chi connectivity index (χ1n) is 9.79. The summed E-state index contributed by atoms with van der Waals surface area (Å²) in [4.78, 5) is 12.4. The van der Waals surface area contributed by atoms with Gasteiger partial charge in [-0.1, -0.05) is 88.1 Å². The third kappa shape index (κ3) is 4.07. The van der Waals surface area contributed by atoms with Crippen molar-refractivity contribution in [1.29, 1.82) is 0 Å². The SMILES string of the molecule is C=C(C(=O)OCCCCCCCC)c1cccc2c1Cc1ccccc1-2. The van der Waals surface area contributed by atoms with Crippen LogP contribution in [0.5, 0.6) is 0 Å². The van der Waals surface area contributed by atoms with E-state index in [9.17, 15) is 4.79 Å². The molecular weight excluding hydrogens is 320 g/mol. The maximum Gasteiger partial charge on any atom is 0.338 e. The molecule has 2 nitrogen and oxygen atoms in total. The van der Waals surface area contributed by atoms with E-state index in [-0.39, 0.29) is 5.97 Å². The standard InChI is InChI=1S/C24H28O2/c1-3-4-5-6-7-10-16-26-24(25)18(2)20-14-11-15-22-21-13-9-8-12-19(21)17-23(20)22/h8-9,11-15H,2-7,10,16-17H2,1H3. The summed E-state index contributed by atoms with van der Waals surface area (Å²) in [6.45, 7) is 6.73. The molecule has 0 bridgehead atoms. The van der Waals surface area contributed by atoms with Gasteiger partial charge in [-0.2, -0.15) is 0 Å². The maximum absolute atomic E-state index is 12.4. The fraction of sp³-hybridized carbons (Fsp3) is 0.375. The molecule has 0 aromatic heterocycles. The third-order valence-electron chi connectivity index (χ3n) is 5.15. The van der Waals surface area contributed by atoms with Crippen LogP contribution in [-0.4, -0.2) is 12.6 Å². The lowest BCUT2D eigenvalue weighted by molar-refractivity contribution is -0.136. The highest BCUT2D eigenvalue weighted by Crippen LogP contribution is 2.39. The predicted molar refractivity (Wildman–Crippen MR) is 108 cm³/mol. The van der Waals surface area contributed by atoms with E-state index in [0.29, 0.717) is 12.2 Å². The number of unbranched alkanes of at least 4 members (excludes halogenated alkanes) is 5. The van der Waals surface area contributed by atoms with Gasteiger partial charge in [0.05, 0.1) is 12.2 Å². The van der Waals surface area contributed by atoms with Crippen molar-refractivity contribution in [3.05, 3.63) is 65.7 Å². The van der Waals surface area contributed by atoms with E-state index in [1.165, 1.54) is 47.9 Å². The van der Waals surface area contributed by atoms with E-state index in [1.807, 2.05) is 12.1 Å². The summed E-state index contributed by atoms with van der Waals surface area (Å²) in [7, 11) is 0. The summed E-state index contributed by atoms with van der Waals surface area (Å²) < 4.78 is 5.46. The molecule has 3 rings (SSSR count). The predicted octanol–water partition coefficient (Wildman–Crippen LogP) is 6.17. The molecule has 1 aliphatic carbocycles. The molecule has 0 atom stereocenters. The van der Waals surface area contributed by atoms with Crippen molar-refractivity contribution >= 4 is 11.5 Å². The van der Waals surface area contributed by atoms with Gasteiger partial charge < -0.3 is 4.74 Å². The monoisotopic (exact) mass is 348 g/mol. The average molecular weight is 348 g/mol. The quantitative estimate of drug-likeness (QED) is 0.262. The molecule has 26 heavy (non-hydrogen) atoms. The minimum absolute atomic E-state index is 0.289. The molecule has 0 saturated heterocycles. The zero-order chi connectivity index (χ0) is 18.4. The number of ether oxygens (including phenoxy) is 1. The second-order valence-corrected chi connectivity index (χ2v) is 7.05. The Morgan fingerprint density at radius 2 is 1.69 bits per heavy atom. The largest absolute Gasteiger partial charge is 0.462 e. The van der Waals surface area contributed by atoms with Crippen LogP contribution in [0.4, 0.5) is 0 Å². The van der Waals surface area contributed by atoms with Crippen LogP contribution < -0.4 is 0 Å². The lowest BCUT2D eigenvalue weighted by Gasteiger charge is -2.11. The molecule has 0 heterocycles.